The predicted octanol–water partition coefficient (Wildman–Crippen LogP) is 0.809. The quantitative estimate of drug-likeness (QED) is 0.805. The van der Waals surface area contributed by atoms with Crippen molar-refractivity contribution < 1.29 is 9.90 Å². The van der Waals surface area contributed by atoms with Crippen molar-refractivity contribution in [3.8, 4) is 0 Å². The summed E-state index contributed by atoms with van der Waals surface area (Å²) in [7, 11) is 0. The average Bonchev–Trinajstić information content (AvgIpc) is 2.40. The number of nitrogens with zero attached hydrogens (tertiary/aromatic N) is 2. The molecular formula is C16H31N3O2. The number of aliphatic hydroxyl groups is 1. The molecule has 2 fully saturated rings. The molecule has 1 aliphatic heterocycles. The van der Waals surface area contributed by atoms with Crippen molar-refractivity contribution in [2.75, 3.05) is 32.7 Å². The Morgan fingerprint density at radius 3 is 2.38 bits per heavy atom. The zero-order chi connectivity index (χ0) is 15.5. The van der Waals surface area contributed by atoms with Crippen LogP contribution in [0.4, 0.5) is 0 Å². The number of nitrogens with two attached hydrogens (primary N) is 1. The number of β-amino-alcohol motifs (C(OH)–C–C–N with tert-alkyl or cyclic N) is 1. The van der Waals surface area contributed by atoms with E-state index in [2.05, 4.69) is 4.90 Å². The molecule has 21 heavy (non-hydrogen) atoms. The lowest BCUT2D eigenvalue weighted by atomic mass is 9.82. The van der Waals surface area contributed by atoms with Crippen LogP contribution in [0.3, 0.4) is 0 Å². The Morgan fingerprint density at radius 2 is 1.81 bits per heavy atom. The summed E-state index contributed by atoms with van der Waals surface area (Å²) in [4.78, 5) is 16.6. The van der Waals surface area contributed by atoms with Crippen LogP contribution in [0.5, 0.6) is 0 Å². The third kappa shape index (κ3) is 5.24. The first kappa shape index (κ1) is 16.7. The molecule has 0 radical (unpaired) electrons. The molecule has 2 unspecified atom stereocenters. The van der Waals surface area contributed by atoms with Gasteiger partial charge in [0.05, 0.1) is 5.60 Å². The standard InChI is InChI=1S/C16H31N3O2/c1-16(2,21)12-18-7-9-19(10-8-18)15(20)11-13-5-3-4-6-14(13)17/h13-14,21H,3-12,17H2,1-2H3. The van der Waals surface area contributed by atoms with Crippen molar-refractivity contribution in [2.45, 2.75) is 57.6 Å². The number of carbonyl (C=O) groups is 1. The summed E-state index contributed by atoms with van der Waals surface area (Å²) in [5.74, 6) is 0.640. The molecule has 0 aromatic rings. The zero-order valence-electron chi connectivity index (χ0n) is 13.6. The Balaban J connectivity index is 1.75. The van der Waals surface area contributed by atoms with E-state index in [1.54, 1.807) is 0 Å². The molecule has 1 saturated heterocycles. The highest BCUT2D eigenvalue weighted by atomic mass is 16.3. The Hall–Kier alpha value is -0.650. The molecule has 0 aromatic carbocycles. The van der Waals surface area contributed by atoms with Crippen molar-refractivity contribution >= 4 is 5.91 Å². The molecule has 3 N–H and O–H groups in total. The van der Waals surface area contributed by atoms with E-state index in [1.165, 1.54) is 12.8 Å². The minimum absolute atomic E-state index is 0.208. The molecular weight excluding hydrogens is 266 g/mol. The lowest BCUT2D eigenvalue weighted by Gasteiger charge is -2.38. The van der Waals surface area contributed by atoms with Crippen molar-refractivity contribution in [3.63, 3.8) is 0 Å². The summed E-state index contributed by atoms with van der Waals surface area (Å²) in [6, 6.07) is 0.208. The molecule has 5 nitrogen and oxygen atoms in total. The van der Waals surface area contributed by atoms with Crippen LogP contribution in [0, 0.1) is 5.92 Å². The van der Waals surface area contributed by atoms with Crippen molar-refractivity contribution in [1.29, 1.82) is 0 Å². The predicted molar refractivity (Wildman–Crippen MR) is 83.9 cm³/mol. The molecule has 5 heteroatoms. The van der Waals surface area contributed by atoms with E-state index in [0.717, 1.165) is 39.0 Å². The highest BCUT2D eigenvalue weighted by Crippen LogP contribution is 2.26. The molecule has 122 valence electrons. The van der Waals surface area contributed by atoms with Gasteiger partial charge in [-0.05, 0) is 32.6 Å². The van der Waals surface area contributed by atoms with Crippen molar-refractivity contribution in [1.82, 2.24) is 9.80 Å². The summed E-state index contributed by atoms with van der Waals surface area (Å²) >= 11 is 0. The third-order valence-electron chi connectivity index (χ3n) is 4.74. The number of amides is 1. The fraction of sp³-hybridized carbons (Fsp3) is 0.938. The van der Waals surface area contributed by atoms with Gasteiger partial charge in [-0.2, -0.15) is 0 Å². The molecule has 0 bridgehead atoms. The number of hydrogen-bond acceptors (Lipinski definition) is 4. The van der Waals surface area contributed by atoms with Gasteiger partial charge in [-0.3, -0.25) is 9.69 Å². The summed E-state index contributed by atoms with van der Waals surface area (Å²) in [6.07, 6.45) is 5.21. The van der Waals surface area contributed by atoms with E-state index < -0.39 is 5.60 Å². The van der Waals surface area contributed by atoms with E-state index in [0.29, 0.717) is 18.9 Å². The van der Waals surface area contributed by atoms with Crippen LogP contribution in [0.1, 0.15) is 46.0 Å². The zero-order valence-corrected chi connectivity index (χ0v) is 13.6. The second kappa shape index (κ2) is 7.07. The van der Waals surface area contributed by atoms with Gasteiger partial charge in [0.2, 0.25) is 5.91 Å². The van der Waals surface area contributed by atoms with E-state index in [-0.39, 0.29) is 11.9 Å². The van der Waals surface area contributed by atoms with Crippen LogP contribution in [0.15, 0.2) is 0 Å². The van der Waals surface area contributed by atoms with Gasteiger partial charge < -0.3 is 15.7 Å². The lowest BCUT2D eigenvalue weighted by Crippen LogP contribution is -2.52. The van der Waals surface area contributed by atoms with Gasteiger partial charge in [-0.25, -0.2) is 0 Å². The second-order valence-corrected chi connectivity index (χ2v) is 7.38. The molecule has 0 aromatic heterocycles. The average molecular weight is 297 g/mol. The van der Waals surface area contributed by atoms with Gasteiger partial charge in [0, 0.05) is 45.2 Å². The monoisotopic (exact) mass is 297 g/mol. The van der Waals surface area contributed by atoms with E-state index in [9.17, 15) is 9.90 Å². The molecule has 1 saturated carbocycles. The number of piperazine rings is 1. The summed E-state index contributed by atoms with van der Waals surface area (Å²) in [5, 5.41) is 9.85. The summed E-state index contributed by atoms with van der Waals surface area (Å²) < 4.78 is 0. The maximum Gasteiger partial charge on any atom is 0.222 e. The number of rotatable bonds is 4. The molecule has 1 amide bonds. The molecule has 1 aliphatic carbocycles. The van der Waals surface area contributed by atoms with Gasteiger partial charge in [0.1, 0.15) is 0 Å². The van der Waals surface area contributed by atoms with Crippen molar-refractivity contribution in [2.24, 2.45) is 11.7 Å². The number of carbonyl (C=O) groups excluding carboxylic acids is 1. The van der Waals surface area contributed by atoms with Crippen LogP contribution in [-0.4, -0.2) is 65.2 Å². The Labute approximate surface area is 128 Å². The first-order valence-electron chi connectivity index (χ1n) is 8.33. The smallest absolute Gasteiger partial charge is 0.222 e. The molecule has 2 rings (SSSR count). The Morgan fingerprint density at radius 1 is 1.19 bits per heavy atom. The topological polar surface area (TPSA) is 69.8 Å². The van der Waals surface area contributed by atoms with Gasteiger partial charge in [-0.1, -0.05) is 12.8 Å². The van der Waals surface area contributed by atoms with Crippen LogP contribution in [0.2, 0.25) is 0 Å². The SMILES string of the molecule is CC(C)(O)CN1CCN(C(=O)CC2CCCCC2N)CC1. The second-order valence-electron chi connectivity index (χ2n) is 7.38. The Bertz CT molecular complexity index is 346. The van der Waals surface area contributed by atoms with Crippen LogP contribution >= 0.6 is 0 Å². The van der Waals surface area contributed by atoms with Crippen LogP contribution in [-0.2, 0) is 4.79 Å². The highest BCUT2D eigenvalue weighted by molar-refractivity contribution is 5.76. The largest absolute Gasteiger partial charge is 0.389 e. The first-order valence-corrected chi connectivity index (χ1v) is 8.33. The van der Waals surface area contributed by atoms with Crippen LogP contribution in [0.25, 0.3) is 0 Å². The fourth-order valence-corrected chi connectivity index (χ4v) is 3.55. The normalized spacial score (nSPS) is 28.7. The van der Waals surface area contributed by atoms with E-state index in [4.69, 9.17) is 5.73 Å². The minimum atomic E-state index is -0.666. The van der Waals surface area contributed by atoms with E-state index in [1.807, 2.05) is 18.7 Å². The van der Waals surface area contributed by atoms with E-state index >= 15 is 0 Å². The molecule has 0 spiro atoms. The Kier molecular flexibility index (Phi) is 5.63. The highest BCUT2D eigenvalue weighted by Gasteiger charge is 2.29. The first-order chi connectivity index (χ1) is 9.85. The van der Waals surface area contributed by atoms with Gasteiger partial charge in [0.25, 0.3) is 0 Å². The third-order valence-corrected chi connectivity index (χ3v) is 4.74. The van der Waals surface area contributed by atoms with Gasteiger partial charge in [-0.15, -0.1) is 0 Å². The van der Waals surface area contributed by atoms with Gasteiger partial charge in [0.15, 0.2) is 0 Å². The van der Waals surface area contributed by atoms with Crippen LogP contribution < -0.4 is 5.73 Å². The number of hydrogen-bond donors (Lipinski definition) is 2. The molecule has 1 heterocycles. The molecule has 2 atom stereocenters. The summed E-state index contributed by atoms with van der Waals surface area (Å²) in [5.41, 5.74) is 5.48. The summed E-state index contributed by atoms with van der Waals surface area (Å²) in [6.45, 7) is 7.58. The minimum Gasteiger partial charge on any atom is -0.389 e. The lowest BCUT2D eigenvalue weighted by molar-refractivity contribution is -0.134. The maximum atomic E-state index is 12.4. The maximum absolute atomic E-state index is 12.4. The fourth-order valence-electron chi connectivity index (χ4n) is 3.55. The molecule has 2 aliphatic rings. The van der Waals surface area contributed by atoms with Crippen molar-refractivity contribution in [3.05, 3.63) is 0 Å². The van der Waals surface area contributed by atoms with Gasteiger partial charge >= 0.3 is 0 Å².